The van der Waals surface area contributed by atoms with Crippen molar-refractivity contribution in [2.75, 3.05) is 6.54 Å². The number of hydrogen-bond donors (Lipinski definition) is 1. The summed E-state index contributed by atoms with van der Waals surface area (Å²) in [5, 5.41) is 3.28. The topological polar surface area (TPSA) is 38.9 Å². The molecule has 0 aliphatic heterocycles. The van der Waals surface area contributed by atoms with Crippen molar-refractivity contribution in [1.29, 1.82) is 0 Å². The standard InChI is InChI=1S/C16H22N2S/c1-16(2,3)13-6-4-12(5-7-13)10-14-11-19-15(18-14)8-9-17/h4-7,11H,8-10,17H2,1-3H3. The molecule has 2 aromatic rings. The number of aromatic nitrogens is 1. The van der Waals surface area contributed by atoms with Gasteiger partial charge in [-0.25, -0.2) is 4.98 Å². The highest BCUT2D eigenvalue weighted by Crippen LogP contribution is 2.23. The predicted molar refractivity (Wildman–Crippen MR) is 82.8 cm³/mol. The van der Waals surface area contributed by atoms with Crippen LogP contribution in [0.5, 0.6) is 0 Å². The molecule has 0 aliphatic rings. The quantitative estimate of drug-likeness (QED) is 0.926. The largest absolute Gasteiger partial charge is 0.330 e. The zero-order chi connectivity index (χ0) is 13.9. The molecule has 1 aromatic heterocycles. The molecule has 0 spiro atoms. The summed E-state index contributed by atoms with van der Waals surface area (Å²) in [5.41, 5.74) is 9.60. The molecule has 2 rings (SSSR count). The molecule has 0 radical (unpaired) electrons. The summed E-state index contributed by atoms with van der Waals surface area (Å²) in [7, 11) is 0. The maximum atomic E-state index is 5.55. The minimum absolute atomic E-state index is 0.216. The number of thiazole rings is 1. The van der Waals surface area contributed by atoms with Crippen LogP contribution in [0.25, 0.3) is 0 Å². The summed E-state index contributed by atoms with van der Waals surface area (Å²) >= 11 is 1.71. The van der Waals surface area contributed by atoms with Gasteiger partial charge in [0.15, 0.2) is 0 Å². The summed E-state index contributed by atoms with van der Waals surface area (Å²) in [6.45, 7) is 7.39. The Morgan fingerprint density at radius 2 is 1.84 bits per heavy atom. The summed E-state index contributed by atoms with van der Waals surface area (Å²) < 4.78 is 0. The van der Waals surface area contributed by atoms with Gasteiger partial charge in [-0.15, -0.1) is 11.3 Å². The van der Waals surface area contributed by atoms with Crippen LogP contribution < -0.4 is 5.73 Å². The molecule has 1 aromatic carbocycles. The zero-order valence-corrected chi connectivity index (χ0v) is 12.8. The molecule has 3 heteroatoms. The van der Waals surface area contributed by atoms with E-state index < -0.39 is 0 Å². The Morgan fingerprint density at radius 3 is 2.42 bits per heavy atom. The van der Waals surface area contributed by atoms with Crippen molar-refractivity contribution in [2.24, 2.45) is 5.73 Å². The third kappa shape index (κ3) is 3.88. The normalized spacial score (nSPS) is 11.8. The Balaban J connectivity index is 2.06. The van der Waals surface area contributed by atoms with Crippen LogP contribution >= 0.6 is 11.3 Å². The molecule has 0 aliphatic carbocycles. The monoisotopic (exact) mass is 274 g/mol. The second-order valence-corrected chi connectivity index (χ2v) is 6.84. The van der Waals surface area contributed by atoms with Crippen LogP contribution in [0.2, 0.25) is 0 Å². The van der Waals surface area contributed by atoms with Gasteiger partial charge >= 0.3 is 0 Å². The second-order valence-electron chi connectivity index (χ2n) is 5.89. The van der Waals surface area contributed by atoms with E-state index in [4.69, 9.17) is 5.73 Å². The number of nitrogens with zero attached hydrogens (tertiary/aromatic N) is 1. The molecule has 2 nitrogen and oxygen atoms in total. The van der Waals surface area contributed by atoms with Crippen molar-refractivity contribution in [1.82, 2.24) is 4.98 Å². The van der Waals surface area contributed by atoms with E-state index >= 15 is 0 Å². The fourth-order valence-electron chi connectivity index (χ4n) is 2.00. The Kier molecular flexibility index (Phi) is 4.38. The first-order valence-corrected chi connectivity index (χ1v) is 7.60. The van der Waals surface area contributed by atoms with E-state index in [9.17, 15) is 0 Å². The Bertz CT molecular complexity index is 520. The van der Waals surface area contributed by atoms with Gasteiger partial charge in [-0.05, 0) is 23.1 Å². The first-order valence-electron chi connectivity index (χ1n) is 6.72. The van der Waals surface area contributed by atoms with Crippen molar-refractivity contribution < 1.29 is 0 Å². The highest BCUT2D eigenvalue weighted by Gasteiger charge is 2.13. The van der Waals surface area contributed by atoms with Crippen molar-refractivity contribution >= 4 is 11.3 Å². The number of benzene rings is 1. The molecule has 0 saturated carbocycles. The Morgan fingerprint density at radius 1 is 1.16 bits per heavy atom. The van der Waals surface area contributed by atoms with Gasteiger partial charge in [0.2, 0.25) is 0 Å². The van der Waals surface area contributed by atoms with Gasteiger partial charge in [0.25, 0.3) is 0 Å². The number of hydrogen-bond acceptors (Lipinski definition) is 3. The molecule has 2 N–H and O–H groups in total. The second kappa shape index (κ2) is 5.85. The van der Waals surface area contributed by atoms with Crippen LogP contribution in [-0.4, -0.2) is 11.5 Å². The Hall–Kier alpha value is -1.19. The number of rotatable bonds is 4. The first kappa shape index (κ1) is 14.2. The van der Waals surface area contributed by atoms with Crippen molar-refractivity contribution in [2.45, 2.75) is 39.0 Å². The van der Waals surface area contributed by atoms with Gasteiger partial charge in [0.05, 0.1) is 10.7 Å². The third-order valence-corrected chi connectivity index (χ3v) is 4.12. The van der Waals surface area contributed by atoms with Gasteiger partial charge in [0.1, 0.15) is 0 Å². The van der Waals surface area contributed by atoms with Crippen molar-refractivity contribution in [3.05, 3.63) is 51.5 Å². The molecule has 0 atom stereocenters. The average molecular weight is 274 g/mol. The van der Waals surface area contributed by atoms with Gasteiger partial charge in [-0.2, -0.15) is 0 Å². The maximum absolute atomic E-state index is 5.55. The highest BCUT2D eigenvalue weighted by atomic mass is 32.1. The number of nitrogens with two attached hydrogens (primary N) is 1. The van der Waals surface area contributed by atoms with Gasteiger partial charge < -0.3 is 5.73 Å². The van der Waals surface area contributed by atoms with Gasteiger partial charge in [0, 0.05) is 18.2 Å². The van der Waals surface area contributed by atoms with Gasteiger partial charge in [-0.3, -0.25) is 0 Å². The van der Waals surface area contributed by atoms with E-state index in [2.05, 4.69) is 55.4 Å². The maximum Gasteiger partial charge on any atom is 0.0940 e. The van der Waals surface area contributed by atoms with E-state index in [1.165, 1.54) is 11.1 Å². The van der Waals surface area contributed by atoms with Gasteiger partial charge in [-0.1, -0.05) is 45.0 Å². The zero-order valence-electron chi connectivity index (χ0n) is 11.9. The fourth-order valence-corrected chi connectivity index (χ4v) is 2.81. The average Bonchev–Trinajstić information content (AvgIpc) is 2.77. The molecular formula is C16H22N2S. The molecule has 0 amide bonds. The minimum Gasteiger partial charge on any atom is -0.330 e. The predicted octanol–water partition coefficient (Wildman–Crippen LogP) is 3.53. The molecule has 0 bridgehead atoms. The lowest BCUT2D eigenvalue weighted by Crippen LogP contribution is -2.10. The van der Waals surface area contributed by atoms with Crippen LogP contribution in [0.4, 0.5) is 0 Å². The van der Waals surface area contributed by atoms with E-state index in [0.717, 1.165) is 23.5 Å². The van der Waals surface area contributed by atoms with E-state index in [0.29, 0.717) is 6.54 Å². The Labute approximate surface area is 119 Å². The molecule has 19 heavy (non-hydrogen) atoms. The van der Waals surface area contributed by atoms with Crippen molar-refractivity contribution in [3.8, 4) is 0 Å². The lowest BCUT2D eigenvalue weighted by atomic mass is 9.86. The summed E-state index contributed by atoms with van der Waals surface area (Å²) in [4.78, 5) is 4.60. The van der Waals surface area contributed by atoms with Crippen LogP contribution in [0.15, 0.2) is 29.6 Å². The molecular weight excluding hydrogens is 252 g/mol. The lowest BCUT2D eigenvalue weighted by Gasteiger charge is -2.19. The minimum atomic E-state index is 0.216. The fraction of sp³-hybridized carbons (Fsp3) is 0.438. The molecule has 0 saturated heterocycles. The van der Waals surface area contributed by atoms with Crippen LogP contribution in [0.1, 0.15) is 42.6 Å². The van der Waals surface area contributed by atoms with E-state index in [1.807, 2.05) is 0 Å². The van der Waals surface area contributed by atoms with E-state index in [1.54, 1.807) is 11.3 Å². The van der Waals surface area contributed by atoms with Crippen LogP contribution in [-0.2, 0) is 18.3 Å². The molecule has 102 valence electrons. The van der Waals surface area contributed by atoms with E-state index in [-0.39, 0.29) is 5.41 Å². The van der Waals surface area contributed by atoms with Crippen LogP contribution in [0, 0.1) is 0 Å². The molecule has 0 fully saturated rings. The third-order valence-electron chi connectivity index (χ3n) is 3.16. The molecule has 1 heterocycles. The lowest BCUT2D eigenvalue weighted by molar-refractivity contribution is 0.590. The summed E-state index contributed by atoms with van der Waals surface area (Å²) in [5.74, 6) is 0. The van der Waals surface area contributed by atoms with Crippen molar-refractivity contribution in [3.63, 3.8) is 0 Å². The van der Waals surface area contributed by atoms with Crippen LogP contribution in [0.3, 0.4) is 0 Å². The SMILES string of the molecule is CC(C)(C)c1ccc(Cc2csc(CCN)n2)cc1. The smallest absolute Gasteiger partial charge is 0.0940 e. The highest BCUT2D eigenvalue weighted by molar-refractivity contribution is 7.09. The first-order chi connectivity index (χ1) is 8.99. The summed E-state index contributed by atoms with van der Waals surface area (Å²) in [6, 6.07) is 8.87. The summed E-state index contributed by atoms with van der Waals surface area (Å²) in [6.07, 6.45) is 1.79. The molecule has 0 unspecified atom stereocenters.